The number of carbonyl (C=O) groups is 1. The molecule has 7 nitrogen and oxygen atoms in total. The monoisotopic (exact) mass is 376 g/mol. The molecule has 3 aromatic heterocycles. The zero-order valence-corrected chi connectivity index (χ0v) is 15.8. The summed E-state index contributed by atoms with van der Waals surface area (Å²) < 4.78 is 1.74. The van der Waals surface area contributed by atoms with E-state index in [1.165, 1.54) is 50.5 Å². The normalized spacial score (nSPS) is 17.6. The van der Waals surface area contributed by atoms with Crippen LogP contribution < -0.4 is 10.6 Å². The van der Waals surface area contributed by atoms with Gasteiger partial charge in [0.1, 0.15) is 11.6 Å². The zero-order chi connectivity index (χ0) is 18.9. The second kappa shape index (κ2) is 7.22. The average molecular weight is 376 g/mol. The Labute approximate surface area is 163 Å². The van der Waals surface area contributed by atoms with E-state index in [9.17, 15) is 4.79 Å². The second-order valence-electron chi connectivity index (χ2n) is 7.81. The average Bonchev–Trinajstić information content (AvgIpc) is 3.48. The van der Waals surface area contributed by atoms with Crippen LogP contribution in [-0.4, -0.2) is 31.5 Å². The van der Waals surface area contributed by atoms with Crippen molar-refractivity contribution in [3.05, 3.63) is 47.9 Å². The molecule has 0 atom stereocenters. The highest BCUT2D eigenvalue weighted by atomic mass is 16.1. The van der Waals surface area contributed by atoms with Crippen LogP contribution in [0.1, 0.15) is 66.8 Å². The minimum Gasteiger partial charge on any atom is -0.367 e. The number of amides is 1. The van der Waals surface area contributed by atoms with Crippen LogP contribution in [0.2, 0.25) is 0 Å². The maximum Gasteiger partial charge on any atom is 0.258 e. The largest absolute Gasteiger partial charge is 0.367 e. The summed E-state index contributed by atoms with van der Waals surface area (Å²) in [6, 6.07) is 5.84. The maximum absolute atomic E-state index is 12.7. The molecule has 5 rings (SSSR count). The molecule has 0 aliphatic heterocycles. The Hall–Kier alpha value is -2.96. The van der Waals surface area contributed by atoms with E-state index < -0.39 is 0 Å². The molecular weight excluding hydrogens is 352 g/mol. The van der Waals surface area contributed by atoms with Crippen molar-refractivity contribution in [1.82, 2.24) is 19.6 Å². The lowest BCUT2D eigenvalue weighted by molar-refractivity contribution is 0.102. The number of carbonyl (C=O) groups excluding carboxylic acids is 1. The topological polar surface area (TPSA) is 84.2 Å². The lowest BCUT2D eigenvalue weighted by atomic mass is 9.95. The fourth-order valence-corrected chi connectivity index (χ4v) is 3.97. The molecule has 0 spiro atoms. The van der Waals surface area contributed by atoms with Crippen molar-refractivity contribution in [2.75, 3.05) is 10.6 Å². The minimum atomic E-state index is -0.201. The van der Waals surface area contributed by atoms with E-state index in [4.69, 9.17) is 4.98 Å². The molecule has 0 unspecified atom stereocenters. The highest BCUT2D eigenvalue weighted by Gasteiger charge is 2.28. The van der Waals surface area contributed by atoms with E-state index in [1.54, 1.807) is 29.0 Å². The van der Waals surface area contributed by atoms with Gasteiger partial charge in [0.25, 0.3) is 5.91 Å². The molecule has 144 valence electrons. The summed E-state index contributed by atoms with van der Waals surface area (Å²) >= 11 is 0. The number of anilines is 2. The summed E-state index contributed by atoms with van der Waals surface area (Å²) in [5.41, 5.74) is 2.53. The van der Waals surface area contributed by atoms with Gasteiger partial charge in [-0.25, -0.2) is 4.98 Å². The molecule has 28 heavy (non-hydrogen) atoms. The van der Waals surface area contributed by atoms with Crippen LogP contribution >= 0.6 is 0 Å². The van der Waals surface area contributed by atoms with Gasteiger partial charge in [0.2, 0.25) is 0 Å². The Morgan fingerprint density at radius 2 is 1.96 bits per heavy atom. The van der Waals surface area contributed by atoms with E-state index >= 15 is 0 Å². The maximum atomic E-state index is 12.7. The summed E-state index contributed by atoms with van der Waals surface area (Å²) in [4.78, 5) is 21.6. The fourth-order valence-electron chi connectivity index (χ4n) is 3.97. The number of pyridine rings is 1. The van der Waals surface area contributed by atoms with Crippen molar-refractivity contribution >= 4 is 23.2 Å². The Balaban J connectivity index is 1.49. The Morgan fingerprint density at radius 3 is 2.71 bits per heavy atom. The van der Waals surface area contributed by atoms with Crippen molar-refractivity contribution < 1.29 is 4.79 Å². The SMILES string of the molecule is O=C(Nc1cc(NC2CCCCC2)nc2c(C3CC3)cnn12)c1cccnc1. The summed E-state index contributed by atoms with van der Waals surface area (Å²) in [5, 5.41) is 11.1. The molecule has 0 bridgehead atoms. The lowest BCUT2D eigenvalue weighted by Crippen LogP contribution is -2.23. The van der Waals surface area contributed by atoms with Gasteiger partial charge in [0, 0.05) is 30.1 Å². The number of rotatable bonds is 5. The van der Waals surface area contributed by atoms with Crippen LogP contribution in [0.5, 0.6) is 0 Å². The third-order valence-electron chi connectivity index (χ3n) is 5.64. The Bertz CT molecular complexity index is 989. The molecule has 2 aliphatic rings. The van der Waals surface area contributed by atoms with Crippen molar-refractivity contribution in [3.63, 3.8) is 0 Å². The quantitative estimate of drug-likeness (QED) is 0.703. The highest BCUT2D eigenvalue weighted by Crippen LogP contribution is 2.42. The van der Waals surface area contributed by atoms with Crippen LogP contribution in [0.4, 0.5) is 11.6 Å². The summed E-state index contributed by atoms with van der Waals surface area (Å²) in [6.07, 6.45) is 13.6. The van der Waals surface area contributed by atoms with Crippen molar-refractivity contribution in [3.8, 4) is 0 Å². The molecule has 2 N–H and O–H groups in total. The second-order valence-corrected chi connectivity index (χ2v) is 7.81. The third kappa shape index (κ3) is 3.44. The predicted octanol–water partition coefficient (Wildman–Crippen LogP) is 4.00. The fraction of sp³-hybridized carbons (Fsp3) is 0.429. The standard InChI is InChI=1S/C21H24N6O/c28-21(15-5-4-10-22-12-15)26-19-11-18(24-16-6-2-1-3-7-16)25-20-17(14-8-9-14)13-23-27(19)20/h4-5,10-14,16H,1-3,6-9H2,(H,24,25)(H,26,28). The van der Waals surface area contributed by atoms with Gasteiger partial charge in [0.15, 0.2) is 5.65 Å². The number of nitrogens with one attached hydrogen (secondary N) is 2. The summed E-state index contributed by atoms with van der Waals surface area (Å²) in [5.74, 6) is 1.77. The number of aromatic nitrogens is 4. The molecule has 3 aromatic rings. The molecule has 3 heterocycles. The zero-order valence-electron chi connectivity index (χ0n) is 15.8. The first-order valence-corrected chi connectivity index (χ1v) is 10.1. The van der Waals surface area contributed by atoms with Crippen LogP contribution in [0.15, 0.2) is 36.8 Å². The van der Waals surface area contributed by atoms with Crippen LogP contribution in [0, 0.1) is 0 Å². The minimum absolute atomic E-state index is 0.201. The van der Waals surface area contributed by atoms with Crippen molar-refractivity contribution in [2.24, 2.45) is 0 Å². The third-order valence-corrected chi connectivity index (χ3v) is 5.64. The van der Waals surface area contributed by atoms with E-state index in [2.05, 4.69) is 20.7 Å². The molecule has 2 aliphatic carbocycles. The van der Waals surface area contributed by atoms with Crippen LogP contribution in [-0.2, 0) is 0 Å². The lowest BCUT2D eigenvalue weighted by Gasteiger charge is -2.23. The van der Waals surface area contributed by atoms with Gasteiger partial charge in [-0.1, -0.05) is 19.3 Å². The number of nitrogens with zero attached hydrogens (tertiary/aromatic N) is 4. The molecular formula is C21H24N6O. The Morgan fingerprint density at radius 1 is 1.11 bits per heavy atom. The predicted molar refractivity (Wildman–Crippen MR) is 108 cm³/mol. The van der Waals surface area contributed by atoms with Crippen LogP contribution in [0.3, 0.4) is 0 Å². The van der Waals surface area contributed by atoms with E-state index in [-0.39, 0.29) is 5.91 Å². The summed E-state index contributed by atoms with van der Waals surface area (Å²) in [6.45, 7) is 0. The first-order valence-electron chi connectivity index (χ1n) is 10.1. The Kier molecular flexibility index (Phi) is 4.43. The van der Waals surface area contributed by atoms with Gasteiger partial charge in [-0.2, -0.15) is 9.61 Å². The van der Waals surface area contributed by atoms with Gasteiger partial charge in [0.05, 0.1) is 11.8 Å². The molecule has 2 saturated carbocycles. The van der Waals surface area contributed by atoms with Gasteiger partial charge in [-0.15, -0.1) is 0 Å². The van der Waals surface area contributed by atoms with Gasteiger partial charge < -0.3 is 10.6 Å². The van der Waals surface area contributed by atoms with Crippen LogP contribution in [0.25, 0.3) is 5.65 Å². The number of hydrogen-bond acceptors (Lipinski definition) is 5. The summed E-state index contributed by atoms with van der Waals surface area (Å²) in [7, 11) is 0. The number of hydrogen-bond donors (Lipinski definition) is 2. The van der Waals surface area contributed by atoms with E-state index in [0.717, 1.165) is 11.5 Å². The van der Waals surface area contributed by atoms with E-state index in [0.29, 0.717) is 23.3 Å². The first kappa shape index (κ1) is 17.2. The molecule has 0 aromatic carbocycles. The molecule has 0 radical (unpaired) electrons. The van der Waals surface area contributed by atoms with Gasteiger partial charge in [-0.05, 0) is 43.7 Å². The highest BCUT2D eigenvalue weighted by molar-refractivity contribution is 6.03. The molecule has 7 heteroatoms. The number of fused-ring (bicyclic) bond motifs is 1. The van der Waals surface area contributed by atoms with Gasteiger partial charge in [-0.3, -0.25) is 9.78 Å². The van der Waals surface area contributed by atoms with Crippen molar-refractivity contribution in [1.29, 1.82) is 0 Å². The van der Waals surface area contributed by atoms with Crippen molar-refractivity contribution in [2.45, 2.75) is 56.9 Å². The molecule has 1 amide bonds. The van der Waals surface area contributed by atoms with Gasteiger partial charge >= 0.3 is 0 Å². The molecule has 2 fully saturated rings. The molecule has 0 saturated heterocycles. The van der Waals surface area contributed by atoms with E-state index in [1.807, 2.05) is 12.3 Å². The smallest absolute Gasteiger partial charge is 0.258 e. The first-order chi connectivity index (χ1) is 13.8.